The second-order valence-corrected chi connectivity index (χ2v) is 6.05. The Labute approximate surface area is 147 Å². The summed E-state index contributed by atoms with van der Waals surface area (Å²) in [6.45, 7) is -0.141. The molecule has 0 saturated heterocycles. The van der Waals surface area contributed by atoms with Gasteiger partial charge in [0.15, 0.2) is 0 Å². The van der Waals surface area contributed by atoms with Gasteiger partial charge in [0.1, 0.15) is 6.54 Å². The lowest BCUT2D eigenvalue weighted by Crippen LogP contribution is -2.29. The van der Waals surface area contributed by atoms with E-state index in [0.29, 0.717) is 11.4 Å². The first-order chi connectivity index (χ1) is 11.6. The SMILES string of the molecule is O=C(Cn1nc(-c2ccc(Br)cc2)ccc1=O)Nc1ccccc1. The van der Waals surface area contributed by atoms with Gasteiger partial charge in [-0.15, -0.1) is 0 Å². The van der Waals surface area contributed by atoms with Crippen LogP contribution in [0.2, 0.25) is 0 Å². The molecule has 0 atom stereocenters. The number of nitrogens with zero attached hydrogens (tertiary/aromatic N) is 2. The Hall–Kier alpha value is -2.73. The number of hydrogen-bond donors (Lipinski definition) is 1. The van der Waals surface area contributed by atoms with Crippen LogP contribution < -0.4 is 10.9 Å². The van der Waals surface area contributed by atoms with Gasteiger partial charge in [0.2, 0.25) is 5.91 Å². The minimum atomic E-state index is -0.320. The van der Waals surface area contributed by atoms with Gasteiger partial charge in [0, 0.05) is 21.8 Å². The molecule has 5 nitrogen and oxygen atoms in total. The van der Waals surface area contributed by atoms with E-state index in [-0.39, 0.29) is 18.0 Å². The van der Waals surface area contributed by atoms with E-state index in [1.165, 1.54) is 6.07 Å². The number of amides is 1. The lowest BCUT2D eigenvalue weighted by atomic mass is 10.1. The molecular weight excluding hydrogens is 370 g/mol. The maximum Gasteiger partial charge on any atom is 0.267 e. The standard InChI is InChI=1S/C18H14BrN3O2/c19-14-8-6-13(7-9-14)16-10-11-18(24)22(21-16)12-17(23)20-15-4-2-1-3-5-15/h1-11H,12H2,(H,20,23). The molecule has 0 saturated carbocycles. The Morgan fingerprint density at radius 2 is 1.71 bits per heavy atom. The van der Waals surface area contributed by atoms with Gasteiger partial charge >= 0.3 is 0 Å². The molecule has 0 bridgehead atoms. The zero-order valence-electron chi connectivity index (χ0n) is 12.6. The summed E-state index contributed by atoms with van der Waals surface area (Å²) in [5.41, 5.74) is 1.86. The molecular formula is C18H14BrN3O2. The molecule has 1 heterocycles. The molecule has 1 N–H and O–H groups in total. The molecule has 0 aliphatic heterocycles. The van der Waals surface area contributed by atoms with Crippen molar-refractivity contribution in [1.29, 1.82) is 0 Å². The third kappa shape index (κ3) is 3.97. The van der Waals surface area contributed by atoms with Crippen molar-refractivity contribution in [2.75, 3.05) is 5.32 Å². The fourth-order valence-electron chi connectivity index (χ4n) is 2.19. The monoisotopic (exact) mass is 383 g/mol. The Morgan fingerprint density at radius 3 is 2.42 bits per heavy atom. The summed E-state index contributed by atoms with van der Waals surface area (Å²) in [5, 5.41) is 7.02. The van der Waals surface area contributed by atoms with Gasteiger partial charge in [-0.3, -0.25) is 9.59 Å². The molecule has 1 amide bonds. The number of aromatic nitrogens is 2. The fourth-order valence-corrected chi connectivity index (χ4v) is 2.46. The summed E-state index contributed by atoms with van der Waals surface area (Å²) in [7, 11) is 0. The number of carbonyl (C=O) groups is 1. The minimum Gasteiger partial charge on any atom is -0.324 e. The van der Waals surface area contributed by atoms with Crippen molar-refractivity contribution in [2.24, 2.45) is 0 Å². The second kappa shape index (κ2) is 7.23. The number of rotatable bonds is 4. The summed E-state index contributed by atoms with van der Waals surface area (Å²) in [5.74, 6) is -0.302. The third-order valence-electron chi connectivity index (χ3n) is 3.36. The topological polar surface area (TPSA) is 64.0 Å². The van der Waals surface area contributed by atoms with Crippen molar-refractivity contribution in [1.82, 2.24) is 9.78 Å². The molecule has 2 aromatic carbocycles. The van der Waals surface area contributed by atoms with E-state index < -0.39 is 0 Å². The lowest BCUT2D eigenvalue weighted by molar-refractivity contribution is -0.117. The van der Waals surface area contributed by atoms with Gasteiger partial charge < -0.3 is 5.32 Å². The van der Waals surface area contributed by atoms with Gasteiger partial charge in [-0.2, -0.15) is 5.10 Å². The molecule has 0 spiro atoms. The van der Waals surface area contributed by atoms with E-state index in [2.05, 4.69) is 26.3 Å². The van der Waals surface area contributed by atoms with Crippen LogP contribution in [-0.4, -0.2) is 15.7 Å². The first-order valence-electron chi connectivity index (χ1n) is 7.31. The number of anilines is 1. The summed E-state index contributed by atoms with van der Waals surface area (Å²) in [6, 6.07) is 19.7. The van der Waals surface area contributed by atoms with Crippen molar-refractivity contribution in [3.05, 3.63) is 81.6 Å². The van der Waals surface area contributed by atoms with Crippen LogP contribution in [0.4, 0.5) is 5.69 Å². The fraction of sp³-hybridized carbons (Fsp3) is 0.0556. The first kappa shape index (κ1) is 16.1. The number of halogens is 1. The van der Waals surface area contributed by atoms with E-state index in [4.69, 9.17) is 0 Å². The Kier molecular flexibility index (Phi) is 4.86. The summed E-state index contributed by atoms with van der Waals surface area (Å²) in [4.78, 5) is 24.1. The van der Waals surface area contributed by atoms with Crippen LogP contribution in [0, 0.1) is 0 Å². The zero-order valence-corrected chi connectivity index (χ0v) is 14.2. The second-order valence-electron chi connectivity index (χ2n) is 5.14. The smallest absolute Gasteiger partial charge is 0.267 e. The van der Waals surface area contributed by atoms with Crippen molar-refractivity contribution in [3.8, 4) is 11.3 Å². The molecule has 0 fully saturated rings. The van der Waals surface area contributed by atoms with Crippen LogP contribution in [0.5, 0.6) is 0 Å². The van der Waals surface area contributed by atoms with Gasteiger partial charge in [-0.25, -0.2) is 4.68 Å². The van der Waals surface area contributed by atoms with Crippen LogP contribution in [0.3, 0.4) is 0 Å². The quantitative estimate of drug-likeness (QED) is 0.751. The Morgan fingerprint density at radius 1 is 1.00 bits per heavy atom. The minimum absolute atomic E-state index is 0.141. The molecule has 6 heteroatoms. The Bertz CT molecular complexity index is 906. The van der Waals surface area contributed by atoms with Crippen molar-refractivity contribution in [2.45, 2.75) is 6.54 Å². The van der Waals surface area contributed by atoms with Gasteiger partial charge in [-0.05, 0) is 30.3 Å². The first-order valence-corrected chi connectivity index (χ1v) is 8.10. The largest absolute Gasteiger partial charge is 0.324 e. The Balaban J connectivity index is 1.80. The lowest BCUT2D eigenvalue weighted by Gasteiger charge is -2.08. The maximum atomic E-state index is 12.1. The highest BCUT2D eigenvalue weighted by Crippen LogP contribution is 2.18. The highest BCUT2D eigenvalue weighted by Gasteiger charge is 2.08. The average molecular weight is 384 g/mol. The number of para-hydroxylation sites is 1. The van der Waals surface area contributed by atoms with Crippen LogP contribution in [0.15, 0.2) is 76.0 Å². The summed E-state index contributed by atoms with van der Waals surface area (Å²) in [6.07, 6.45) is 0. The van der Waals surface area contributed by atoms with Crippen LogP contribution >= 0.6 is 15.9 Å². The van der Waals surface area contributed by atoms with E-state index >= 15 is 0 Å². The van der Waals surface area contributed by atoms with E-state index in [0.717, 1.165) is 14.7 Å². The predicted octanol–water partition coefficient (Wildman–Crippen LogP) is 3.31. The highest BCUT2D eigenvalue weighted by molar-refractivity contribution is 9.10. The molecule has 1 aromatic heterocycles. The molecule has 0 aliphatic rings. The maximum absolute atomic E-state index is 12.1. The van der Waals surface area contributed by atoms with Crippen molar-refractivity contribution < 1.29 is 4.79 Å². The number of nitrogens with one attached hydrogen (secondary N) is 1. The summed E-state index contributed by atoms with van der Waals surface area (Å²) >= 11 is 3.38. The molecule has 120 valence electrons. The van der Waals surface area contributed by atoms with Crippen LogP contribution in [0.1, 0.15) is 0 Å². The van der Waals surface area contributed by atoms with Crippen LogP contribution in [0.25, 0.3) is 11.3 Å². The summed E-state index contributed by atoms with van der Waals surface area (Å²) < 4.78 is 2.12. The number of hydrogen-bond acceptors (Lipinski definition) is 3. The number of benzene rings is 2. The molecule has 0 aliphatic carbocycles. The molecule has 24 heavy (non-hydrogen) atoms. The van der Waals surface area contributed by atoms with Crippen molar-refractivity contribution in [3.63, 3.8) is 0 Å². The van der Waals surface area contributed by atoms with Crippen molar-refractivity contribution >= 4 is 27.5 Å². The van der Waals surface area contributed by atoms with Gasteiger partial charge in [0.05, 0.1) is 5.69 Å². The molecule has 3 aromatic rings. The van der Waals surface area contributed by atoms with E-state index in [9.17, 15) is 9.59 Å². The zero-order chi connectivity index (χ0) is 16.9. The third-order valence-corrected chi connectivity index (χ3v) is 3.89. The van der Waals surface area contributed by atoms with Gasteiger partial charge in [0.25, 0.3) is 5.56 Å². The normalized spacial score (nSPS) is 10.4. The van der Waals surface area contributed by atoms with E-state index in [1.54, 1.807) is 18.2 Å². The van der Waals surface area contributed by atoms with Gasteiger partial charge in [-0.1, -0.05) is 46.3 Å². The highest BCUT2D eigenvalue weighted by atomic mass is 79.9. The average Bonchev–Trinajstić information content (AvgIpc) is 2.58. The van der Waals surface area contributed by atoms with Crippen LogP contribution in [-0.2, 0) is 11.3 Å². The number of carbonyl (C=O) groups excluding carboxylic acids is 1. The molecule has 3 rings (SSSR count). The predicted molar refractivity (Wildman–Crippen MR) is 96.7 cm³/mol. The molecule has 0 unspecified atom stereocenters. The van der Waals surface area contributed by atoms with E-state index in [1.807, 2.05) is 42.5 Å². The molecule has 0 radical (unpaired) electrons.